The molecule has 0 bridgehead atoms. The van der Waals surface area contributed by atoms with E-state index in [0.29, 0.717) is 56.1 Å². The molecule has 1 aromatic rings. The average Bonchev–Trinajstić information content (AvgIpc) is 3.34. The second-order valence-corrected chi connectivity index (χ2v) is 8.16. The number of amides is 4. The zero-order chi connectivity index (χ0) is 21.8. The molecular formula is C22H27N3O6. The largest absolute Gasteiger partial charge is 0.486 e. The van der Waals surface area contributed by atoms with Crippen LogP contribution < -0.4 is 20.1 Å². The molecule has 1 aromatic carbocycles. The van der Waals surface area contributed by atoms with Crippen molar-refractivity contribution in [2.45, 2.75) is 50.5 Å². The van der Waals surface area contributed by atoms with Crippen molar-refractivity contribution >= 4 is 23.6 Å². The molecule has 9 heteroatoms. The maximum Gasteiger partial charge on any atom is 0.325 e. The molecule has 4 amide bonds. The number of nitrogens with one attached hydrogen (secondary N) is 2. The Morgan fingerprint density at radius 3 is 2.58 bits per heavy atom. The van der Waals surface area contributed by atoms with Gasteiger partial charge < -0.3 is 20.1 Å². The topological polar surface area (TPSA) is 114 Å². The van der Waals surface area contributed by atoms with E-state index in [4.69, 9.17) is 9.47 Å². The molecule has 9 nitrogen and oxygen atoms in total. The van der Waals surface area contributed by atoms with Gasteiger partial charge >= 0.3 is 6.03 Å². The Balaban J connectivity index is 1.17. The van der Waals surface area contributed by atoms with Gasteiger partial charge in [-0.05, 0) is 37.5 Å². The number of ether oxygens (including phenoxy) is 2. The summed E-state index contributed by atoms with van der Waals surface area (Å²) in [6, 6.07) is 4.67. The Kier molecular flexibility index (Phi) is 6.11. The molecule has 4 rings (SSSR count). The summed E-state index contributed by atoms with van der Waals surface area (Å²) in [5, 5.41) is 5.59. The zero-order valence-corrected chi connectivity index (χ0v) is 17.4. The molecule has 31 heavy (non-hydrogen) atoms. The van der Waals surface area contributed by atoms with Gasteiger partial charge in [-0.3, -0.25) is 19.3 Å². The Labute approximate surface area is 180 Å². The lowest BCUT2D eigenvalue weighted by Gasteiger charge is -2.20. The van der Waals surface area contributed by atoms with Crippen molar-refractivity contribution in [2.24, 2.45) is 0 Å². The molecule has 2 heterocycles. The highest BCUT2D eigenvalue weighted by Gasteiger charge is 2.51. The molecule has 0 aromatic heterocycles. The molecule has 1 saturated heterocycles. The highest BCUT2D eigenvalue weighted by molar-refractivity contribution is 6.07. The SMILES string of the molecule is O=C(CCC(=O)c1ccc2c(c1)OCCO2)NCCCN1C(=O)NC2(CCCC2)C1=O. The van der Waals surface area contributed by atoms with Crippen LogP contribution in [-0.4, -0.2) is 60.4 Å². The predicted octanol–water partition coefficient (Wildman–Crippen LogP) is 1.79. The fourth-order valence-electron chi connectivity index (χ4n) is 4.34. The molecule has 1 saturated carbocycles. The summed E-state index contributed by atoms with van der Waals surface area (Å²) >= 11 is 0. The standard InChI is InChI=1S/C22H27N3O6/c26-16(15-4-6-17-18(14-15)31-13-12-30-17)5-7-19(27)23-10-3-11-25-20(28)22(24-21(25)29)8-1-2-9-22/h4,6,14H,1-3,5,7-13H2,(H,23,27)(H,24,29). The Bertz CT molecular complexity index is 893. The summed E-state index contributed by atoms with van der Waals surface area (Å²) < 4.78 is 10.9. The van der Waals surface area contributed by atoms with Crippen LogP contribution in [0.5, 0.6) is 11.5 Å². The number of urea groups is 1. The minimum atomic E-state index is -0.700. The van der Waals surface area contributed by atoms with Crippen molar-refractivity contribution in [3.63, 3.8) is 0 Å². The normalized spacial score (nSPS) is 18.9. The van der Waals surface area contributed by atoms with Gasteiger partial charge in [-0.2, -0.15) is 0 Å². The van der Waals surface area contributed by atoms with E-state index in [1.54, 1.807) is 18.2 Å². The summed E-state index contributed by atoms with van der Waals surface area (Å²) in [7, 11) is 0. The molecule has 2 fully saturated rings. The molecule has 2 N–H and O–H groups in total. The van der Waals surface area contributed by atoms with E-state index in [1.165, 1.54) is 4.90 Å². The first-order chi connectivity index (χ1) is 15.0. The number of hydrogen-bond donors (Lipinski definition) is 2. The first-order valence-corrected chi connectivity index (χ1v) is 10.8. The minimum Gasteiger partial charge on any atom is -0.486 e. The van der Waals surface area contributed by atoms with E-state index in [9.17, 15) is 19.2 Å². The lowest BCUT2D eigenvalue weighted by molar-refractivity contribution is -0.131. The summed E-state index contributed by atoms with van der Waals surface area (Å²) in [6.45, 7) is 1.53. The molecule has 0 atom stereocenters. The summed E-state index contributed by atoms with van der Waals surface area (Å²) in [4.78, 5) is 50.4. The fourth-order valence-corrected chi connectivity index (χ4v) is 4.34. The first-order valence-electron chi connectivity index (χ1n) is 10.8. The van der Waals surface area contributed by atoms with Gasteiger partial charge in [0, 0.05) is 31.5 Å². The molecule has 0 radical (unpaired) electrons. The zero-order valence-electron chi connectivity index (χ0n) is 17.4. The number of carbonyl (C=O) groups is 4. The van der Waals surface area contributed by atoms with Crippen LogP contribution in [0, 0.1) is 0 Å². The Hall–Kier alpha value is -3.10. The van der Waals surface area contributed by atoms with E-state index in [1.807, 2.05) is 0 Å². The van der Waals surface area contributed by atoms with Crippen LogP contribution in [0.3, 0.4) is 0 Å². The van der Waals surface area contributed by atoms with Crippen molar-refractivity contribution in [2.75, 3.05) is 26.3 Å². The minimum absolute atomic E-state index is 0.0690. The highest BCUT2D eigenvalue weighted by atomic mass is 16.6. The van der Waals surface area contributed by atoms with Crippen LogP contribution in [0.4, 0.5) is 4.79 Å². The lowest BCUT2D eigenvalue weighted by Crippen LogP contribution is -2.44. The Morgan fingerprint density at radius 1 is 1.06 bits per heavy atom. The maximum absolute atomic E-state index is 12.6. The van der Waals surface area contributed by atoms with Gasteiger partial charge in [-0.15, -0.1) is 0 Å². The highest BCUT2D eigenvalue weighted by Crippen LogP contribution is 2.35. The van der Waals surface area contributed by atoms with Gasteiger partial charge in [0.2, 0.25) is 5.91 Å². The average molecular weight is 429 g/mol. The van der Waals surface area contributed by atoms with E-state index in [2.05, 4.69) is 10.6 Å². The number of benzene rings is 1. The summed E-state index contributed by atoms with van der Waals surface area (Å²) in [5.74, 6) is 0.626. The molecular weight excluding hydrogens is 402 g/mol. The first kappa shape index (κ1) is 21.1. The van der Waals surface area contributed by atoms with Crippen LogP contribution >= 0.6 is 0 Å². The van der Waals surface area contributed by atoms with Crippen LogP contribution in [-0.2, 0) is 9.59 Å². The number of Topliss-reactive ketones (excluding diaryl/α,β-unsaturated/α-hetero) is 1. The number of fused-ring (bicyclic) bond motifs is 1. The molecule has 1 aliphatic carbocycles. The van der Waals surface area contributed by atoms with Crippen molar-refractivity contribution in [1.82, 2.24) is 15.5 Å². The Morgan fingerprint density at radius 2 is 1.81 bits per heavy atom. The quantitative estimate of drug-likeness (QED) is 0.370. The fraction of sp³-hybridized carbons (Fsp3) is 0.545. The maximum atomic E-state index is 12.6. The van der Waals surface area contributed by atoms with E-state index in [-0.39, 0.29) is 43.0 Å². The van der Waals surface area contributed by atoms with Crippen molar-refractivity contribution in [1.29, 1.82) is 0 Å². The van der Waals surface area contributed by atoms with Crippen LogP contribution in [0.15, 0.2) is 18.2 Å². The second kappa shape index (κ2) is 8.95. The van der Waals surface area contributed by atoms with E-state index < -0.39 is 5.54 Å². The van der Waals surface area contributed by atoms with Gasteiger partial charge in [-0.1, -0.05) is 12.8 Å². The van der Waals surface area contributed by atoms with Gasteiger partial charge in [0.1, 0.15) is 18.8 Å². The molecule has 3 aliphatic rings. The number of carbonyl (C=O) groups excluding carboxylic acids is 4. The summed E-state index contributed by atoms with van der Waals surface area (Å²) in [5.41, 5.74) is -0.217. The van der Waals surface area contributed by atoms with Gasteiger partial charge in [-0.25, -0.2) is 4.79 Å². The third-order valence-electron chi connectivity index (χ3n) is 6.03. The smallest absolute Gasteiger partial charge is 0.325 e. The number of imide groups is 1. The number of rotatable bonds is 8. The van der Waals surface area contributed by atoms with Crippen LogP contribution in [0.2, 0.25) is 0 Å². The van der Waals surface area contributed by atoms with E-state index >= 15 is 0 Å². The second-order valence-electron chi connectivity index (χ2n) is 8.16. The third kappa shape index (κ3) is 4.50. The molecule has 1 spiro atoms. The van der Waals surface area contributed by atoms with Crippen molar-refractivity contribution < 1.29 is 28.7 Å². The monoisotopic (exact) mass is 429 g/mol. The van der Waals surface area contributed by atoms with Gasteiger partial charge in [0.05, 0.1) is 0 Å². The molecule has 2 aliphatic heterocycles. The molecule has 166 valence electrons. The van der Waals surface area contributed by atoms with Crippen LogP contribution in [0.1, 0.15) is 55.3 Å². The summed E-state index contributed by atoms with van der Waals surface area (Å²) in [6.07, 6.45) is 3.91. The number of ketones is 1. The van der Waals surface area contributed by atoms with Crippen molar-refractivity contribution in [3.05, 3.63) is 23.8 Å². The van der Waals surface area contributed by atoms with E-state index in [0.717, 1.165) is 12.8 Å². The van der Waals surface area contributed by atoms with Crippen LogP contribution in [0.25, 0.3) is 0 Å². The number of hydrogen-bond acceptors (Lipinski definition) is 6. The number of nitrogens with zero attached hydrogens (tertiary/aromatic N) is 1. The molecule has 0 unspecified atom stereocenters. The van der Waals surface area contributed by atoms with Gasteiger partial charge in [0.25, 0.3) is 5.91 Å². The predicted molar refractivity (Wildman–Crippen MR) is 110 cm³/mol. The van der Waals surface area contributed by atoms with Gasteiger partial charge in [0.15, 0.2) is 17.3 Å². The van der Waals surface area contributed by atoms with Crippen molar-refractivity contribution in [3.8, 4) is 11.5 Å². The third-order valence-corrected chi connectivity index (χ3v) is 6.03. The lowest BCUT2D eigenvalue weighted by atomic mass is 9.98.